The van der Waals surface area contributed by atoms with Gasteiger partial charge in [0.15, 0.2) is 0 Å². The van der Waals surface area contributed by atoms with Crippen molar-refractivity contribution in [2.45, 2.75) is 33.4 Å². The lowest BCUT2D eigenvalue weighted by atomic mass is 10.1. The standard InChI is InChI=1S/C16H24N2O2/c1-12-4-5-15(13(2)10-12)11-17-6-8-18(9-7-17)16(20)14(3)19/h4-5,10,14,19H,6-9,11H2,1-3H3. The predicted octanol–water partition coefficient (Wildman–Crippen LogP) is 1.33. The maximum absolute atomic E-state index is 11.7. The zero-order valence-corrected chi connectivity index (χ0v) is 12.6. The Labute approximate surface area is 121 Å². The van der Waals surface area contributed by atoms with Crippen molar-refractivity contribution in [1.29, 1.82) is 0 Å². The molecule has 1 aromatic carbocycles. The molecule has 0 bridgehead atoms. The van der Waals surface area contributed by atoms with E-state index >= 15 is 0 Å². The Bertz CT molecular complexity index is 477. The Kier molecular flexibility index (Phi) is 4.78. The van der Waals surface area contributed by atoms with Gasteiger partial charge in [-0.2, -0.15) is 0 Å². The third-order valence-electron chi connectivity index (χ3n) is 3.93. The third kappa shape index (κ3) is 3.58. The first-order valence-corrected chi connectivity index (χ1v) is 7.22. The van der Waals surface area contributed by atoms with Crippen LogP contribution in [-0.4, -0.2) is 53.1 Å². The number of aryl methyl sites for hydroxylation is 2. The summed E-state index contributed by atoms with van der Waals surface area (Å²) in [5.74, 6) is -0.156. The van der Waals surface area contributed by atoms with Crippen LogP contribution in [0.1, 0.15) is 23.6 Å². The largest absolute Gasteiger partial charge is 0.384 e. The maximum Gasteiger partial charge on any atom is 0.251 e. The molecule has 0 radical (unpaired) electrons. The van der Waals surface area contributed by atoms with Crippen molar-refractivity contribution in [2.24, 2.45) is 0 Å². The Morgan fingerprint density at radius 3 is 2.45 bits per heavy atom. The molecule has 1 aromatic rings. The molecule has 110 valence electrons. The van der Waals surface area contributed by atoms with E-state index in [1.807, 2.05) is 0 Å². The van der Waals surface area contributed by atoms with E-state index in [1.165, 1.54) is 23.6 Å². The monoisotopic (exact) mass is 276 g/mol. The van der Waals surface area contributed by atoms with Crippen molar-refractivity contribution < 1.29 is 9.90 Å². The molecule has 1 saturated heterocycles. The second kappa shape index (κ2) is 6.37. The number of amides is 1. The minimum atomic E-state index is -0.888. The van der Waals surface area contributed by atoms with Gasteiger partial charge in [0.2, 0.25) is 0 Å². The summed E-state index contributed by atoms with van der Waals surface area (Å²) in [7, 11) is 0. The predicted molar refractivity (Wildman–Crippen MR) is 79.5 cm³/mol. The SMILES string of the molecule is Cc1ccc(CN2CCN(C(=O)C(C)O)CC2)c(C)c1. The van der Waals surface area contributed by atoms with Crippen molar-refractivity contribution in [3.8, 4) is 0 Å². The molecule has 1 fully saturated rings. The van der Waals surface area contributed by atoms with Crippen LogP contribution in [-0.2, 0) is 11.3 Å². The quantitative estimate of drug-likeness (QED) is 0.906. The highest BCUT2D eigenvalue weighted by Crippen LogP contribution is 2.14. The Morgan fingerprint density at radius 1 is 1.25 bits per heavy atom. The van der Waals surface area contributed by atoms with Crippen LogP contribution in [0.25, 0.3) is 0 Å². The molecule has 4 nitrogen and oxygen atoms in total. The highest BCUT2D eigenvalue weighted by Gasteiger charge is 2.23. The van der Waals surface area contributed by atoms with E-state index in [4.69, 9.17) is 0 Å². The summed E-state index contributed by atoms with van der Waals surface area (Å²) in [6, 6.07) is 6.55. The molecule has 1 unspecified atom stereocenters. The number of hydrogen-bond acceptors (Lipinski definition) is 3. The molecular formula is C16H24N2O2. The molecule has 1 atom stereocenters. The number of benzene rings is 1. The molecule has 0 aliphatic carbocycles. The molecule has 0 spiro atoms. The molecule has 0 saturated carbocycles. The van der Waals surface area contributed by atoms with Gasteiger partial charge in [0.05, 0.1) is 0 Å². The van der Waals surface area contributed by atoms with E-state index in [0.29, 0.717) is 13.1 Å². The van der Waals surface area contributed by atoms with Gasteiger partial charge in [0.25, 0.3) is 5.91 Å². The Morgan fingerprint density at radius 2 is 1.90 bits per heavy atom. The molecule has 0 aromatic heterocycles. The van der Waals surface area contributed by atoms with Crippen LogP contribution >= 0.6 is 0 Å². The molecule has 4 heteroatoms. The Hall–Kier alpha value is -1.39. The molecule has 1 aliphatic rings. The fraction of sp³-hybridized carbons (Fsp3) is 0.562. The van der Waals surface area contributed by atoms with Crippen molar-refractivity contribution in [3.63, 3.8) is 0 Å². The van der Waals surface area contributed by atoms with Gasteiger partial charge < -0.3 is 10.0 Å². The molecule has 1 amide bonds. The van der Waals surface area contributed by atoms with Crippen LogP contribution in [0, 0.1) is 13.8 Å². The van der Waals surface area contributed by atoms with Gasteiger partial charge in [-0.05, 0) is 31.9 Å². The van der Waals surface area contributed by atoms with Crippen LogP contribution in [0.3, 0.4) is 0 Å². The lowest BCUT2D eigenvalue weighted by Crippen LogP contribution is -2.50. The number of rotatable bonds is 3. The van der Waals surface area contributed by atoms with Crippen molar-refractivity contribution in [1.82, 2.24) is 9.80 Å². The second-order valence-electron chi connectivity index (χ2n) is 5.71. The van der Waals surface area contributed by atoms with E-state index in [9.17, 15) is 9.90 Å². The van der Waals surface area contributed by atoms with E-state index in [2.05, 4.69) is 36.9 Å². The zero-order chi connectivity index (χ0) is 14.7. The lowest BCUT2D eigenvalue weighted by Gasteiger charge is -2.35. The number of hydrogen-bond donors (Lipinski definition) is 1. The minimum absolute atomic E-state index is 0.156. The minimum Gasteiger partial charge on any atom is -0.384 e. The average molecular weight is 276 g/mol. The summed E-state index contributed by atoms with van der Waals surface area (Å²) in [5, 5.41) is 9.33. The molecule has 1 N–H and O–H groups in total. The van der Waals surface area contributed by atoms with Crippen LogP contribution in [0.4, 0.5) is 0 Å². The summed E-state index contributed by atoms with van der Waals surface area (Å²) in [4.78, 5) is 15.8. The van der Waals surface area contributed by atoms with Gasteiger partial charge in [-0.3, -0.25) is 9.69 Å². The van der Waals surface area contributed by atoms with E-state index in [0.717, 1.165) is 19.6 Å². The summed E-state index contributed by atoms with van der Waals surface area (Å²) >= 11 is 0. The van der Waals surface area contributed by atoms with Gasteiger partial charge in [-0.25, -0.2) is 0 Å². The molecule has 20 heavy (non-hydrogen) atoms. The van der Waals surface area contributed by atoms with E-state index < -0.39 is 6.10 Å². The molecule has 1 heterocycles. The summed E-state index contributed by atoms with van der Waals surface area (Å²) in [5.41, 5.74) is 3.97. The van der Waals surface area contributed by atoms with Gasteiger partial charge in [0.1, 0.15) is 6.10 Å². The summed E-state index contributed by atoms with van der Waals surface area (Å²) < 4.78 is 0. The number of carbonyl (C=O) groups is 1. The normalized spacial score (nSPS) is 18.1. The highest BCUT2D eigenvalue weighted by molar-refractivity contribution is 5.80. The third-order valence-corrected chi connectivity index (χ3v) is 3.93. The van der Waals surface area contributed by atoms with E-state index in [1.54, 1.807) is 4.90 Å². The van der Waals surface area contributed by atoms with E-state index in [-0.39, 0.29) is 5.91 Å². The van der Waals surface area contributed by atoms with Gasteiger partial charge >= 0.3 is 0 Å². The number of carbonyl (C=O) groups excluding carboxylic acids is 1. The number of piperazine rings is 1. The van der Waals surface area contributed by atoms with Crippen molar-refractivity contribution >= 4 is 5.91 Å². The smallest absolute Gasteiger partial charge is 0.251 e. The first-order chi connectivity index (χ1) is 9.47. The fourth-order valence-corrected chi connectivity index (χ4v) is 2.65. The first kappa shape index (κ1) is 15.0. The highest BCUT2D eigenvalue weighted by atomic mass is 16.3. The van der Waals surface area contributed by atoms with Crippen LogP contribution in [0.2, 0.25) is 0 Å². The molecule has 2 rings (SSSR count). The van der Waals surface area contributed by atoms with Crippen molar-refractivity contribution in [2.75, 3.05) is 26.2 Å². The van der Waals surface area contributed by atoms with Crippen LogP contribution < -0.4 is 0 Å². The fourth-order valence-electron chi connectivity index (χ4n) is 2.65. The van der Waals surface area contributed by atoms with Gasteiger partial charge in [0, 0.05) is 32.7 Å². The van der Waals surface area contributed by atoms with Crippen molar-refractivity contribution in [3.05, 3.63) is 34.9 Å². The Balaban J connectivity index is 1.90. The number of aliphatic hydroxyl groups excluding tert-OH is 1. The average Bonchev–Trinajstić information content (AvgIpc) is 2.42. The zero-order valence-electron chi connectivity index (χ0n) is 12.6. The van der Waals surface area contributed by atoms with Crippen LogP contribution in [0.15, 0.2) is 18.2 Å². The lowest BCUT2D eigenvalue weighted by molar-refractivity contribution is -0.141. The van der Waals surface area contributed by atoms with Gasteiger partial charge in [-0.1, -0.05) is 23.8 Å². The second-order valence-corrected chi connectivity index (χ2v) is 5.71. The topological polar surface area (TPSA) is 43.8 Å². The maximum atomic E-state index is 11.7. The molecule has 1 aliphatic heterocycles. The summed E-state index contributed by atoms with van der Waals surface area (Å²) in [6.07, 6.45) is -0.888. The number of nitrogens with zero attached hydrogens (tertiary/aromatic N) is 2. The first-order valence-electron chi connectivity index (χ1n) is 7.22. The molecular weight excluding hydrogens is 252 g/mol. The summed E-state index contributed by atoms with van der Waals surface area (Å²) in [6.45, 7) is 9.86. The van der Waals surface area contributed by atoms with Gasteiger partial charge in [-0.15, -0.1) is 0 Å². The van der Waals surface area contributed by atoms with Crippen LogP contribution in [0.5, 0.6) is 0 Å². The number of aliphatic hydroxyl groups is 1.